The lowest BCUT2D eigenvalue weighted by atomic mass is 9.95. The van der Waals surface area contributed by atoms with Crippen LogP contribution in [0.25, 0.3) is 11.1 Å². The zero-order valence-electron chi connectivity index (χ0n) is 27.7. The molecule has 0 fully saturated rings. The van der Waals surface area contributed by atoms with Crippen LogP contribution in [-0.2, 0) is 26.3 Å². The van der Waals surface area contributed by atoms with Crippen molar-refractivity contribution in [3.8, 4) is 22.6 Å². The van der Waals surface area contributed by atoms with E-state index < -0.39 is 0 Å². The van der Waals surface area contributed by atoms with Crippen LogP contribution in [-0.4, -0.2) is 13.1 Å². The maximum Gasteiger partial charge on any atom is 0.123 e. The molecule has 0 amide bonds. The highest BCUT2D eigenvalue weighted by Crippen LogP contribution is 2.35. The molecule has 4 nitrogen and oxygen atoms in total. The molecule has 0 radical (unpaired) electrons. The van der Waals surface area contributed by atoms with E-state index in [1.165, 1.54) is 46.2 Å². The summed E-state index contributed by atoms with van der Waals surface area (Å²) in [5.74, 6) is 3.27. The predicted octanol–water partition coefficient (Wildman–Crippen LogP) is 9.40. The summed E-state index contributed by atoms with van der Waals surface area (Å²) in [6.07, 6.45) is 2.40. The van der Waals surface area contributed by atoms with Crippen LogP contribution in [0, 0.1) is 25.7 Å². The second kappa shape index (κ2) is 17.0. The maximum absolute atomic E-state index is 6.32. The van der Waals surface area contributed by atoms with Gasteiger partial charge in [-0.15, -0.1) is 0 Å². The molecule has 2 N–H and O–H groups in total. The number of ether oxygens (including phenoxy) is 2. The molecule has 0 saturated carbocycles. The van der Waals surface area contributed by atoms with Gasteiger partial charge in [0, 0.05) is 13.1 Å². The van der Waals surface area contributed by atoms with E-state index in [9.17, 15) is 0 Å². The first-order valence-electron chi connectivity index (χ1n) is 16.3. The zero-order chi connectivity index (χ0) is 31.3. The Morgan fingerprint density at radius 3 is 1.23 bits per heavy atom. The molecule has 234 valence electrons. The third kappa shape index (κ3) is 10.2. The summed E-state index contributed by atoms with van der Waals surface area (Å²) >= 11 is 0. The lowest BCUT2D eigenvalue weighted by molar-refractivity contribution is 0.303. The summed E-state index contributed by atoms with van der Waals surface area (Å²) in [6.45, 7) is 18.3. The van der Waals surface area contributed by atoms with Crippen molar-refractivity contribution >= 4 is 0 Å². The number of rotatable bonds is 17. The first-order chi connectivity index (χ1) is 21.3. The fraction of sp³-hybridized carbons (Fsp3) is 0.400. The van der Waals surface area contributed by atoms with Crippen LogP contribution in [0.5, 0.6) is 11.5 Å². The number of benzene rings is 4. The highest BCUT2D eigenvalue weighted by atomic mass is 16.5. The van der Waals surface area contributed by atoms with Crippen molar-refractivity contribution in [3.63, 3.8) is 0 Å². The highest BCUT2D eigenvalue weighted by molar-refractivity contribution is 5.74. The minimum absolute atomic E-state index is 0.542. The van der Waals surface area contributed by atoms with Gasteiger partial charge in [-0.05, 0) is 108 Å². The van der Waals surface area contributed by atoms with Gasteiger partial charge < -0.3 is 20.1 Å². The van der Waals surface area contributed by atoms with Crippen molar-refractivity contribution in [2.24, 2.45) is 11.8 Å². The molecule has 4 aromatic carbocycles. The number of hydrogen-bond donors (Lipinski definition) is 2. The smallest absolute Gasteiger partial charge is 0.123 e. The summed E-state index contributed by atoms with van der Waals surface area (Å²) in [6, 6.07) is 30.1. The Morgan fingerprint density at radius 1 is 0.500 bits per heavy atom. The van der Waals surface area contributed by atoms with Crippen LogP contribution in [0.4, 0.5) is 0 Å². The third-order valence-electron chi connectivity index (χ3n) is 8.15. The van der Waals surface area contributed by atoms with E-state index in [0.717, 1.165) is 60.6 Å². The molecule has 0 unspecified atom stereocenters. The molecular weight excluding hydrogens is 540 g/mol. The van der Waals surface area contributed by atoms with Crippen LogP contribution < -0.4 is 20.1 Å². The van der Waals surface area contributed by atoms with E-state index in [-0.39, 0.29) is 0 Å². The van der Waals surface area contributed by atoms with Crippen molar-refractivity contribution < 1.29 is 9.47 Å². The molecule has 0 aromatic heterocycles. The SMILES string of the molecule is Cc1c(OCc2ccc(CNCCC(C)C)cc2)cccc1-c1cccc(OCc2ccc(CNCCC(C)C)cc2)c1C. The molecule has 0 bridgehead atoms. The van der Waals surface area contributed by atoms with Gasteiger partial charge in [-0.25, -0.2) is 0 Å². The van der Waals surface area contributed by atoms with Gasteiger partial charge in [0.1, 0.15) is 24.7 Å². The second-order valence-electron chi connectivity index (χ2n) is 12.8. The quantitative estimate of drug-likeness (QED) is 0.120. The van der Waals surface area contributed by atoms with Crippen LogP contribution in [0.3, 0.4) is 0 Å². The van der Waals surface area contributed by atoms with Crippen LogP contribution in [0.1, 0.15) is 73.9 Å². The lowest BCUT2D eigenvalue weighted by Gasteiger charge is -2.17. The Labute approximate surface area is 266 Å². The Kier molecular flexibility index (Phi) is 12.9. The summed E-state index contributed by atoms with van der Waals surface area (Å²) in [5, 5.41) is 7.07. The molecule has 4 heteroatoms. The standard InChI is InChI=1S/C40H52N2O2/c1-29(2)21-23-41-25-33-13-17-35(18-14-33)27-43-39-11-7-9-37(31(39)5)38-10-8-12-40(32(38)6)44-28-36-19-15-34(16-20-36)26-42-24-22-30(3)4/h7-20,29-30,41-42H,21-28H2,1-6H3. The molecule has 0 aliphatic rings. The summed E-state index contributed by atoms with van der Waals surface area (Å²) in [7, 11) is 0. The minimum atomic E-state index is 0.542. The van der Waals surface area contributed by atoms with Crippen LogP contribution in [0.15, 0.2) is 84.9 Å². The lowest BCUT2D eigenvalue weighted by Crippen LogP contribution is -2.16. The zero-order valence-corrected chi connectivity index (χ0v) is 27.7. The van der Waals surface area contributed by atoms with Crippen molar-refractivity contribution in [2.45, 2.75) is 80.7 Å². The predicted molar refractivity (Wildman–Crippen MR) is 185 cm³/mol. The molecule has 0 aliphatic carbocycles. The maximum atomic E-state index is 6.32. The highest BCUT2D eigenvalue weighted by Gasteiger charge is 2.13. The van der Waals surface area contributed by atoms with Gasteiger partial charge in [-0.2, -0.15) is 0 Å². The van der Waals surface area contributed by atoms with Crippen LogP contribution >= 0.6 is 0 Å². The molecule has 0 heterocycles. The monoisotopic (exact) mass is 592 g/mol. The van der Waals surface area contributed by atoms with Gasteiger partial charge in [0.05, 0.1) is 0 Å². The first-order valence-corrected chi connectivity index (χ1v) is 16.3. The molecule has 4 aromatic rings. The van der Waals surface area contributed by atoms with E-state index in [4.69, 9.17) is 9.47 Å². The Morgan fingerprint density at radius 2 is 0.864 bits per heavy atom. The van der Waals surface area contributed by atoms with Gasteiger partial charge in [-0.1, -0.05) is 100 Å². The van der Waals surface area contributed by atoms with Crippen molar-refractivity contribution in [3.05, 3.63) is 118 Å². The molecule has 4 rings (SSSR count). The summed E-state index contributed by atoms with van der Waals surface area (Å²) < 4.78 is 12.6. The molecule has 0 aliphatic heterocycles. The summed E-state index contributed by atoms with van der Waals surface area (Å²) in [4.78, 5) is 0. The van der Waals surface area contributed by atoms with E-state index in [1.807, 2.05) is 0 Å². The Balaban J connectivity index is 1.33. The molecule has 44 heavy (non-hydrogen) atoms. The van der Waals surface area contributed by atoms with Gasteiger partial charge in [0.2, 0.25) is 0 Å². The van der Waals surface area contributed by atoms with E-state index >= 15 is 0 Å². The molecule has 0 spiro atoms. The van der Waals surface area contributed by atoms with Crippen molar-refractivity contribution in [1.82, 2.24) is 10.6 Å². The topological polar surface area (TPSA) is 42.5 Å². The Hall–Kier alpha value is -3.60. The normalized spacial score (nSPS) is 11.4. The van der Waals surface area contributed by atoms with Gasteiger partial charge in [-0.3, -0.25) is 0 Å². The van der Waals surface area contributed by atoms with Gasteiger partial charge >= 0.3 is 0 Å². The third-order valence-corrected chi connectivity index (χ3v) is 8.15. The van der Waals surface area contributed by atoms with Crippen molar-refractivity contribution in [1.29, 1.82) is 0 Å². The fourth-order valence-corrected chi connectivity index (χ4v) is 5.20. The van der Waals surface area contributed by atoms with Gasteiger partial charge in [0.25, 0.3) is 0 Å². The Bertz CT molecular complexity index is 1310. The molecule has 0 atom stereocenters. The molecule has 0 saturated heterocycles. The fourth-order valence-electron chi connectivity index (χ4n) is 5.20. The summed E-state index contributed by atoms with van der Waals surface area (Å²) in [5.41, 5.74) is 9.55. The first kappa shape index (κ1) is 33.3. The number of hydrogen-bond acceptors (Lipinski definition) is 4. The average molecular weight is 593 g/mol. The number of nitrogens with one attached hydrogen (secondary N) is 2. The van der Waals surface area contributed by atoms with E-state index in [2.05, 4.69) is 137 Å². The van der Waals surface area contributed by atoms with E-state index in [0.29, 0.717) is 13.2 Å². The molecular formula is C40H52N2O2. The second-order valence-corrected chi connectivity index (χ2v) is 12.8. The largest absolute Gasteiger partial charge is 0.489 e. The van der Waals surface area contributed by atoms with Crippen LogP contribution in [0.2, 0.25) is 0 Å². The van der Waals surface area contributed by atoms with E-state index in [1.54, 1.807) is 0 Å². The van der Waals surface area contributed by atoms with Crippen molar-refractivity contribution in [2.75, 3.05) is 13.1 Å². The minimum Gasteiger partial charge on any atom is -0.489 e. The van der Waals surface area contributed by atoms with Gasteiger partial charge in [0.15, 0.2) is 0 Å². The average Bonchev–Trinajstić information content (AvgIpc) is 3.01.